The van der Waals surface area contributed by atoms with Crippen LogP contribution < -0.4 is 10.6 Å². The van der Waals surface area contributed by atoms with Gasteiger partial charge < -0.3 is 19.9 Å². The first-order valence-electron chi connectivity index (χ1n) is 11.5. The fourth-order valence-electron chi connectivity index (χ4n) is 4.18. The van der Waals surface area contributed by atoms with E-state index in [1.807, 2.05) is 30.7 Å². The average Bonchev–Trinajstić information content (AvgIpc) is 3.43. The van der Waals surface area contributed by atoms with Crippen molar-refractivity contribution in [1.29, 1.82) is 0 Å². The van der Waals surface area contributed by atoms with Crippen LogP contribution in [0.15, 0.2) is 29.3 Å². The highest BCUT2D eigenvalue weighted by molar-refractivity contribution is 5.80. The smallest absolute Gasteiger partial charge is 0.192 e. The van der Waals surface area contributed by atoms with Crippen molar-refractivity contribution in [1.82, 2.24) is 30.3 Å². The molecule has 0 saturated carbocycles. The van der Waals surface area contributed by atoms with E-state index in [1.54, 1.807) is 0 Å². The molecule has 0 spiro atoms. The molecule has 1 aromatic heterocycles. The summed E-state index contributed by atoms with van der Waals surface area (Å²) in [6.07, 6.45) is 4.52. The third kappa shape index (κ3) is 6.26. The van der Waals surface area contributed by atoms with Crippen LogP contribution in [0, 0.1) is 12.7 Å². The van der Waals surface area contributed by atoms with Gasteiger partial charge in [-0.2, -0.15) is 0 Å². The molecular formula is C23H34FN7O. The Balaban J connectivity index is 1.31. The maximum Gasteiger partial charge on any atom is 0.192 e. The van der Waals surface area contributed by atoms with Gasteiger partial charge in [0.15, 0.2) is 11.8 Å². The summed E-state index contributed by atoms with van der Waals surface area (Å²) in [5.74, 6) is 2.34. The topological polar surface area (TPSA) is 79.6 Å². The quantitative estimate of drug-likeness (QED) is 0.504. The summed E-state index contributed by atoms with van der Waals surface area (Å²) < 4.78 is 20.9. The minimum Gasteiger partial charge on any atom is -0.376 e. The van der Waals surface area contributed by atoms with Gasteiger partial charge in [0, 0.05) is 45.9 Å². The Morgan fingerprint density at radius 2 is 1.97 bits per heavy atom. The lowest BCUT2D eigenvalue weighted by molar-refractivity contribution is 0.113. The number of aliphatic imine (C=N–C) groups is 1. The minimum absolute atomic E-state index is 0.185. The largest absolute Gasteiger partial charge is 0.376 e. The Kier molecular flexibility index (Phi) is 7.70. The number of piperidine rings is 1. The molecule has 2 aromatic rings. The summed E-state index contributed by atoms with van der Waals surface area (Å²) in [6, 6.07) is 7.16. The molecule has 0 bridgehead atoms. The van der Waals surface area contributed by atoms with E-state index >= 15 is 0 Å². The molecule has 1 unspecified atom stereocenters. The van der Waals surface area contributed by atoms with Gasteiger partial charge in [0.05, 0.1) is 6.10 Å². The number of hydrogen-bond donors (Lipinski definition) is 2. The van der Waals surface area contributed by atoms with Gasteiger partial charge in [-0.25, -0.2) is 9.38 Å². The highest BCUT2D eigenvalue weighted by Gasteiger charge is 2.21. The van der Waals surface area contributed by atoms with Crippen LogP contribution in [-0.4, -0.2) is 64.0 Å². The zero-order chi connectivity index (χ0) is 22.3. The molecule has 2 aliphatic heterocycles. The molecule has 0 radical (unpaired) electrons. The minimum atomic E-state index is -0.185. The first-order valence-corrected chi connectivity index (χ1v) is 11.5. The fraction of sp³-hybridized carbons (Fsp3) is 0.609. The van der Waals surface area contributed by atoms with Gasteiger partial charge in [0.2, 0.25) is 0 Å². The zero-order valence-electron chi connectivity index (χ0n) is 19.1. The number of guanidine groups is 1. The molecule has 2 fully saturated rings. The molecule has 32 heavy (non-hydrogen) atoms. The van der Waals surface area contributed by atoms with Gasteiger partial charge in [0.1, 0.15) is 18.2 Å². The van der Waals surface area contributed by atoms with Gasteiger partial charge in [0.25, 0.3) is 0 Å². The van der Waals surface area contributed by atoms with Crippen molar-refractivity contribution < 1.29 is 9.13 Å². The molecule has 0 aliphatic carbocycles. The van der Waals surface area contributed by atoms with E-state index < -0.39 is 0 Å². The van der Waals surface area contributed by atoms with E-state index in [9.17, 15) is 4.39 Å². The molecule has 9 heteroatoms. The maximum absolute atomic E-state index is 13.1. The first kappa shape index (κ1) is 22.7. The summed E-state index contributed by atoms with van der Waals surface area (Å²) in [4.78, 5) is 7.21. The van der Waals surface area contributed by atoms with Gasteiger partial charge in [-0.1, -0.05) is 12.1 Å². The SMILES string of the molecule is Cc1nnc(CN=C(NCC2CCCO2)NC2CCN(Cc3ccc(F)cc3)CC2)n1C. The number of hydrogen-bond acceptors (Lipinski definition) is 5. The Bertz CT molecular complexity index is 884. The molecule has 3 heterocycles. The van der Waals surface area contributed by atoms with Crippen LogP contribution in [-0.2, 0) is 24.9 Å². The Morgan fingerprint density at radius 3 is 2.62 bits per heavy atom. The molecule has 0 amide bonds. The van der Waals surface area contributed by atoms with E-state index in [4.69, 9.17) is 9.73 Å². The van der Waals surface area contributed by atoms with Crippen molar-refractivity contribution in [2.75, 3.05) is 26.2 Å². The number of nitrogens with one attached hydrogen (secondary N) is 2. The highest BCUT2D eigenvalue weighted by Crippen LogP contribution is 2.15. The number of likely N-dealkylation sites (tertiary alicyclic amines) is 1. The lowest BCUT2D eigenvalue weighted by Gasteiger charge is -2.33. The van der Waals surface area contributed by atoms with Crippen LogP contribution in [0.2, 0.25) is 0 Å². The van der Waals surface area contributed by atoms with Crippen molar-refractivity contribution in [3.8, 4) is 0 Å². The summed E-state index contributed by atoms with van der Waals surface area (Å²) in [5, 5.41) is 15.4. The third-order valence-corrected chi connectivity index (χ3v) is 6.33. The monoisotopic (exact) mass is 443 g/mol. The summed E-state index contributed by atoms with van der Waals surface area (Å²) in [6.45, 7) is 6.87. The number of halogens is 1. The summed E-state index contributed by atoms with van der Waals surface area (Å²) in [7, 11) is 1.96. The predicted octanol–water partition coefficient (Wildman–Crippen LogP) is 2.14. The Morgan fingerprint density at radius 1 is 1.19 bits per heavy atom. The van der Waals surface area contributed by atoms with E-state index in [-0.39, 0.29) is 11.9 Å². The average molecular weight is 444 g/mol. The van der Waals surface area contributed by atoms with Gasteiger partial charge in [-0.3, -0.25) is 4.90 Å². The maximum atomic E-state index is 13.1. The van der Waals surface area contributed by atoms with Crippen molar-refractivity contribution in [2.24, 2.45) is 12.0 Å². The van der Waals surface area contributed by atoms with Crippen molar-refractivity contribution in [3.63, 3.8) is 0 Å². The molecule has 1 aromatic carbocycles. The summed E-state index contributed by atoms with van der Waals surface area (Å²) >= 11 is 0. The van der Waals surface area contributed by atoms with Crippen LogP contribution in [0.5, 0.6) is 0 Å². The van der Waals surface area contributed by atoms with E-state index in [2.05, 4.69) is 25.7 Å². The Labute approximate surface area is 189 Å². The highest BCUT2D eigenvalue weighted by atomic mass is 19.1. The number of aromatic nitrogens is 3. The van der Waals surface area contributed by atoms with Crippen LogP contribution in [0.3, 0.4) is 0 Å². The van der Waals surface area contributed by atoms with E-state index in [1.165, 1.54) is 12.1 Å². The van der Waals surface area contributed by atoms with Crippen molar-refractivity contribution >= 4 is 5.96 Å². The summed E-state index contributed by atoms with van der Waals surface area (Å²) in [5.41, 5.74) is 1.15. The molecule has 1 atom stereocenters. The molecule has 2 aliphatic rings. The van der Waals surface area contributed by atoms with E-state index in [0.29, 0.717) is 12.6 Å². The standard InChI is InChI=1S/C23H34FN7O/c1-17-28-29-22(30(17)2)15-26-23(25-14-21-4-3-13-32-21)27-20-9-11-31(12-10-20)16-18-5-7-19(24)8-6-18/h5-8,20-21H,3-4,9-16H2,1-2H3,(H2,25,26,27). The number of benzene rings is 1. The predicted molar refractivity (Wildman–Crippen MR) is 122 cm³/mol. The van der Waals surface area contributed by atoms with Crippen LogP contribution in [0.1, 0.15) is 42.9 Å². The number of aryl methyl sites for hydroxylation is 1. The lowest BCUT2D eigenvalue weighted by atomic mass is 10.0. The number of rotatable bonds is 7. The molecule has 2 N–H and O–H groups in total. The first-order chi connectivity index (χ1) is 15.6. The Hall–Kier alpha value is -2.52. The van der Waals surface area contributed by atoms with Gasteiger partial charge in [-0.05, 0) is 50.3 Å². The van der Waals surface area contributed by atoms with Crippen molar-refractivity contribution in [3.05, 3.63) is 47.3 Å². The third-order valence-electron chi connectivity index (χ3n) is 6.33. The normalized spacial score (nSPS) is 20.6. The fourth-order valence-corrected chi connectivity index (χ4v) is 4.18. The zero-order valence-corrected chi connectivity index (χ0v) is 19.1. The van der Waals surface area contributed by atoms with Crippen LogP contribution >= 0.6 is 0 Å². The lowest BCUT2D eigenvalue weighted by Crippen LogP contribution is -2.49. The second-order valence-electron chi connectivity index (χ2n) is 8.72. The molecule has 2 saturated heterocycles. The number of ether oxygens (including phenoxy) is 1. The van der Waals surface area contributed by atoms with Crippen LogP contribution in [0.4, 0.5) is 4.39 Å². The molecule has 8 nitrogen and oxygen atoms in total. The molecular weight excluding hydrogens is 409 g/mol. The second kappa shape index (κ2) is 10.9. The van der Waals surface area contributed by atoms with Gasteiger partial charge >= 0.3 is 0 Å². The van der Waals surface area contributed by atoms with E-state index in [0.717, 1.165) is 81.6 Å². The molecule has 4 rings (SSSR count). The number of nitrogens with zero attached hydrogens (tertiary/aromatic N) is 5. The van der Waals surface area contributed by atoms with Gasteiger partial charge in [-0.15, -0.1) is 10.2 Å². The second-order valence-corrected chi connectivity index (χ2v) is 8.72. The molecule has 174 valence electrons. The van der Waals surface area contributed by atoms with Crippen molar-refractivity contribution in [2.45, 2.75) is 57.8 Å². The van der Waals surface area contributed by atoms with Crippen LogP contribution in [0.25, 0.3) is 0 Å².